The Bertz CT molecular complexity index is 2210. The highest BCUT2D eigenvalue weighted by atomic mass is 35.5. The highest BCUT2D eigenvalue weighted by molar-refractivity contribution is 6.17. The molecule has 44 heteroatoms. The van der Waals surface area contributed by atoms with Gasteiger partial charge in [0.1, 0.15) is 6.61 Å². The van der Waals surface area contributed by atoms with E-state index in [1.165, 1.54) is 53.6 Å². The molecule has 113 heavy (non-hydrogen) atoms. The van der Waals surface area contributed by atoms with E-state index in [0.29, 0.717) is 52.2 Å². The summed E-state index contributed by atoms with van der Waals surface area (Å²) in [6, 6.07) is 5.92. The number of nitrogens with zero attached hydrogens (tertiary/aromatic N) is 3. The molecule has 2 amide bonds. The molecule has 0 aliphatic rings. The van der Waals surface area contributed by atoms with Gasteiger partial charge in [0.2, 0.25) is 11.8 Å². The third-order valence-electron chi connectivity index (χ3n) is 13.7. The summed E-state index contributed by atoms with van der Waals surface area (Å²) >= 11 is 5.00. The van der Waals surface area contributed by atoms with E-state index in [1.807, 2.05) is 39.0 Å². The molecule has 0 fully saturated rings. The average Bonchev–Trinajstić information content (AvgIpc) is 0.846. The minimum Gasteiger partial charge on any atom is -0.469 e. The van der Waals surface area contributed by atoms with Crippen LogP contribution in [0.1, 0.15) is 97.8 Å². The number of ether oxygens (including phenoxy) is 18. The summed E-state index contributed by atoms with van der Waals surface area (Å²) in [7, 11) is 7.82. The molecule has 0 aliphatic carbocycles. The highest BCUT2D eigenvalue weighted by Crippen LogP contribution is 2.14. The summed E-state index contributed by atoms with van der Waals surface area (Å²) < 4.78 is 92.8. The molecule has 0 bridgehead atoms. The van der Waals surface area contributed by atoms with Crippen LogP contribution in [0, 0.1) is 34.0 Å². The van der Waals surface area contributed by atoms with E-state index in [1.54, 1.807) is 0 Å². The normalized spacial score (nSPS) is 11.0. The number of hydrogen-bond acceptors (Lipinski definition) is 41. The number of nitrogens with two attached hydrogens (primary N) is 3. The van der Waals surface area contributed by atoms with Crippen LogP contribution in [-0.4, -0.2) is 359 Å². The van der Waals surface area contributed by atoms with Crippen LogP contribution in [0.25, 0.3) is 0 Å². The van der Waals surface area contributed by atoms with Crippen molar-refractivity contribution >= 4 is 65.0 Å². The van der Waals surface area contributed by atoms with Gasteiger partial charge >= 0.3 is 35.8 Å². The number of aliphatic hydroxyl groups excluding tert-OH is 4. The first-order valence-corrected chi connectivity index (χ1v) is 36.2. The number of hydrogen-bond donors (Lipinski definition) is 13. The van der Waals surface area contributed by atoms with Crippen LogP contribution in [0.3, 0.4) is 0 Å². The second-order valence-corrected chi connectivity index (χ2v) is 24.3. The third-order valence-corrected chi connectivity index (χ3v) is 13.7. The molecule has 0 spiro atoms. The number of Topliss-reactive ketones (excluding diaryl/α,β-unsaturated/α-hetero) is 1. The number of amides is 2. The van der Waals surface area contributed by atoms with Gasteiger partial charge in [0, 0.05) is 12.3 Å². The molecule has 0 aromatic rings. The summed E-state index contributed by atoms with van der Waals surface area (Å²) in [5, 5.41) is 82.5. The van der Waals surface area contributed by atoms with E-state index in [2.05, 4.69) is 39.1 Å². The molecule has 43 nitrogen and oxygen atoms in total. The highest BCUT2D eigenvalue weighted by Gasteiger charge is 2.34. The van der Waals surface area contributed by atoms with Crippen molar-refractivity contribution in [3.63, 3.8) is 0 Å². The number of likely N-dealkylation sites (N-methyl/N-ethyl adjacent to an activating group) is 2. The fourth-order valence-electron chi connectivity index (χ4n) is 7.57. The predicted molar refractivity (Wildman–Crippen MR) is 397 cm³/mol. The van der Waals surface area contributed by atoms with Gasteiger partial charge in [-0.2, -0.15) is 15.8 Å². The van der Waals surface area contributed by atoms with Crippen molar-refractivity contribution in [3.05, 3.63) is 0 Å². The van der Waals surface area contributed by atoms with Gasteiger partial charge in [0.25, 0.3) is 0 Å². The number of nitrogens with one attached hydrogen (secondary N) is 4. The number of alkyl halides is 1. The third kappa shape index (κ3) is 76.3. The van der Waals surface area contributed by atoms with E-state index in [-0.39, 0.29) is 220 Å². The molecule has 0 saturated heterocycles. The van der Waals surface area contributed by atoms with Gasteiger partial charge in [0.05, 0.1) is 338 Å². The van der Waals surface area contributed by atoms with Gasteiger partial charge in [-0.1, -0.05) is 20.8 Å². The maximum Gasteiger partial charge on any atom is 0.307 e. The van der Waals surface area contributed by atoms with Crippen LogP contribution in [0.4, 0.5) is 0 Å². The van der Waals surface area contributed by atoms with Crippen LogP contribution in [0.15, 0.2) is 0 Å². The van der Waals surface area contributed by atoms with Gasteiger partial charge < -0.3 is 134 Å². The van der Waals surface area contributed by atoms with Crippen LogP contribution in [0.5, 0.6) is 0 Å². The van der Waals surface area contributed by atoms with Gasteiger partial charge in [-0.25, -0.2) is 11.0 Å². The first kappa shape index (κ1) is 117. The predicted octanol–water partition coefficient (Wildman–Crippen LogP) is -3.00. The Hall–Kier alpha value is -6.73. The van der Waals surface area contributed by atoms with Crippen molar-refractivity contribution in [2.45, 2.75) is 126 Å². The summed E-state index contributed by atoms with van der Waals surface area (Å²) in [5.41, 5.74) is 15.9. The lowest BCUT2D eigenvalue weighted by molar-refractivity contribution is -0.144. The number of nitriles is 3. The van der Waals surface area contributed by atoms with E-state index in [9.17, 15) is 43.2 Å². The number of halogens is 1. The topological polar surface area (TPSA) is 639 Å². The second kappa shape index (κ2) is 81.8. The summed E-state index contributed by atoms with van der Waals surface area (Å²) in [4.78, 5) is 100. The number of methoxy groups -OCH3 is 6. The number of ketones is 1. The number of aliphatic hydroxyl groups is 4. The van der Waals surface area contributed by atoms with E-state index >= 15 is 0 Å². The van der Waals surface area contributed by atoms with Crippen molar-refractivity contribution in [1.82, 2.24) is 21.6 Å². The molecule has 0 atom stereocenters. The van der Waals surface area contributed by atoms with Crippen LogP contribution < -0.4 is 38.8 Å². The molecule has 0 heterocycles. The zero-order valence-electron chi connectivity index (χ0n) is 67.1. The van der Waals surface area contributed by atoms with Crippen molar-refractivity contribution in [3.8, 4) is 18.2 Å². The molecule has 0 aromatic carbocycles. The first-order chi connectivity index (χ1) is 54.0. The average molecular weight is 1660 g/mol. The fraction of sp³-hybridized carbons (Fsp3) is 0.826. The van der Waals surface area contributed by atoms with Crippen LogP contribution in [-0.2, 0) is 128 Å². The maximum atomic E-state index is 11.2. The summed E-state index contributed by atoms with van der Waals surface area (Å²) in [6.45, 7) is 8.77. The SMILES string of the molecule is CCCl.CCNC(COCCC(=O)CO)(COCCC(=O)NO)COCCC(=O)NO.CCNC(COCCC(=O)OC)(COCCC(=O)OC)COCCC(=O)OC.COC(=O)CCOCC(N)(COCCC(=O)OC)COCCC(=O)OC.N#CCCOCC(N)(COCCC#N)COCCC#N.NC(CO)(CO)CO. The zero-order valence-corrected chi connectivity index (χ0v) is 67.8. The fourth-order valence-corrected chi connectivity index (χ4v) is 7.57. The molecule has 16 N–H and O–H groups in total. The first-order valence-electron chi connectivity index (χ1n) is 35.7. The molecule has 0 rings (SSSR count). The Morgan fingerprint density at radius 3 is 0.699 bits per heavy atom. The van der Waals surface area contributed by atoms with Gasteiger partial charge in [0.15, 0.2) is 5.78 Å². The second-order valence-electron chi connectivity index (χ2n) is 23.8. The maximum absolute atomic E-state index is 11.2. The summed E-state index contributed by atoms with van der Waals surface area (Å²) in [5.74, 6) is -3.05. The lowest BCUT2D eigenvalue weighted by atomic mass is 10.0. The molecule has 0 radical (unpaired) electrons. The zero-order chi connectivity index (χ0) is 86.8. The number of rotatable bonds is 65. The Kier molecular flexibility index (Phi) is 84.8. The molecule has 660 valence electrons. The van der Waals surface area contributed by atoms with Crippen molar-refractivity contribution in [1.29, 1.82) is 15.8 Å². The standard InChI is InChI=1S/C18H33NO9.C16H31N3O9.C16H29NO9.C13H20N4O3.C4H11NO3.C2H5Cl/c1-5-19-18(12-26-9-6-15(20)23-2,13-27-10-7-16(21)24-3)14-28-11-8-17(22)25-4;1-2-17-16(10-26-6-3-13(21)9-20,11-27-7-4-14(22)18-24)12-28-8-5-15(23)19-25;1-21-13(18)4-7-24-10-16(17,11-25-8-5-14(19)22-2)12-26-9-6-15(20)23-3;14-4-1-7-18-10-13(17,11-19-8-2-5-15)12-20-9-3-6-16;5-4(1-6,2-7)3-8;1-2-3/h19H,5-14H2,1-4H3;17,20,24-25H,2-12H2,1H3,(H,18,22)(H,19,23);4-12,17H2,1-3H3;1-3,7-12,17H2;6-8H,1-3,5H2;2H2,1H3. The Labute approximate surface area is 666 Å². The summed E-state index contributed by atoms with van der Waals surface area (Å²) in [6.07, 6.45) is 1.54. The van der Waals surface area contributed by atoms with Crippen molar-refractivity contribution in [2.75, 3.05) is 247 Å². The largest absolute Gasteiger partial charge is 0.469 e. The lowest BCUT2D eigenvalue weighted by Crippen LogP contribution is -2.56. The number of hydroxylamine groups is 2. The molecule has 0 aromatic heterocycles. The van der Waals surface area contributed by atoms with Crippen molar-refractivity contribution in [2.24, 2.45) is 17.2 Å². The van der Waals surface area contributed by atoms with Gasteiger partial charge in [-0.05, 0) is 13.1 Å². The smallest absolute Gasteiger partial charge is 0.307 e. The number of carbonyl (C=O) groups is 9. The number of esters is 6. The van der Waals surface area contributed by atoms with Gasteiger partial charge in [-0.3, -0.25) is 53.6 Å². The monoisotopic (exact) mass is 1660 g/mol. The molecule has 0 unspecified atom stereocenters. The minimum atomic E-state index is -1.21. The molecular formula is C69H129ClN10O33. The lowest BCUT2D eigenvalue weighted by Gasteiger charge is -2.34. The Morgan fingerprint density at radius 1 is 0.336 bits per heavy atom. The Balaban J connectivity index is -0.000000324. The van der Waals surface area contributed by atoms with E-state index < -0.39 is 83.8 Å². The molecule has 0 saturated carbocycles. The van der Waals surface area contributed by atoms with Crippen LogP contribution >= 0.6 is 11.6 Å². The molecule has 0 aliphatic heterocycles. The van der Waals surface area contributed by atoms with Crippen molar-refractivity contribution < 1.29 is 159 Å². The van der Waals surface area contributed by atoms with Gasteiger partial charge in [-0.15, -0.1) is 11.6 Å². The number of carbonyl (C=O) groups excluding carboxylic acids is 9. The quantitative estimate of drug-likeness (QED) is 0.00721. The molecular weight excluding hydrogens is 1530 g/mol. The van der Waals surface area contributed by atoms with Crippen LogP contribution in [0.2, 0.25) is 0 Å². The minimum absolute atomic E-state index is 0.0396. The van der Waals surface area contributed by atoms with E-state index in [0.717, 1.165) is 5.88 Å². The Morgan fingerprint density at radius 2 is 0.531 bits per heavy atom. The van der Waals surface area contributed by atoms with E-state index in [4.69, 9.17) is 132 Å².